The van der Waals surface area contributed by atoms with Gasteiger partial charge in [-0.2, -0.15) is 0 Å². The molecule has 0 amide bonds. The first kappa shape index (κ1) is 20.3. The second-order valence-electron chi connectivity index (χ2n) is 7.41. The van der Waals surface area contributed by atoms with Crippen molar-refractivity contribution in [3.63, 3.8) is 0 Å². The molecule has 0 aliphatic carbocycles. The molecular formula is C22H33N3O. The third-order valence-electron chi connectivity index (χ3n) is 4.51. The van der Waals surface area contributed by atoms with E-state index in [1.54, 1.807) is 0 Å². The molecule has 4 nitrogen and oxygen atoms in total. The summed E-state index contributed by atoms with van der Waals surface area (Å²) in [6.07, 6.45) is 0.944. The predicted octanol–water partition coefficient (Wildman–Crippen LogP) is 3.68. The van der Waals surface area contributed by atoms with E-state index >= 15 is 0 Å². The average molecular weight is 356 g/mol. The maximum absolute atomic E-state index is 6.26. The summed E-state index contributed by atoms with van der Waals surface area (Å²) in [6, 6.07) is 17.4. The van der Waals surface area contributed by atoms with Gasteiger partial charge in [-0.05, 0) is 49.5 Å². The number of ether oxygens (including phenoxy) is 1. The minimum atomic E-state index is 0.0661. The maximum Gasteiger partial charge on any atom is 0.0865 e. The Kier molecular flexibility index (Phi) is 7.49. The van der Waals surface area contributed by atoms with Crippen LogP contribution in [0.15, 0.2) is 48.5 Å². The zero-order valence-corrected chi connectivity index (χ0v) is 17.1. The zero-order valence-electron chi connectivity index (χ0n) is 17.1. The predicted molar refractivity (Wildman–Crippen MR) is 112 cm³/mol. The summed E-state index contributed by atoms with van der Waals surface area (Å²) in [6.45, 7) is 1.65. The molecular weight excluding hydrogens is 322 g/mol. The first-order valence-electron chi connectivity index (χ1n) is 9.16. The van der Waals surface area contributed by atoms with E-state index in [0.717, 1.165) is 19.6 Å². The van der Waals surface area contributed by atoms with E-state index in [9.17, 15) is 0 Å². The Balaban J connectivity index is 2.14. The molecule has 2 aromatic carbocycles. The van der Waals surface area contributed by atoms with Crippen molar-refractivity contribution in [2.75, 3.05) is 65.2 Å². The largest absolute Gasteiger partial charge is 0.378 e. The lowest BCUT2D eigenvalue weighted by Crippen LogP contribution is -2.20. The van der Waals surface area contributed by atoms with Gasteiger partial charge in [0.05, 0.1) is 12.7 Å². The first-order valence-corrected chi connectivity index (χ1v) is 9.16. The molecule has 0 saturated heterocycles. The van der Waals surface area contributed by atoms with Crippen LogP contribution in [0.3, 0.4) is 0 Å². The van der Waals surface area contributed by atoms with Gasteiger partial charge < -0.3 is 19.4 Å². The lowest BCUT2D eigenvalue weighted by atomic mass is 10.0. The van der Waals surface area contributed by atoms with Crippen molar-refractivity contribution < 1.29 is 4.74 Å². The van der Waals surface area contributed by atoms with Crippen molar-refractivity contribution in [3.8, 4) is 0 Å². The van der Waals surface area contributed by atoms with Crippen molar-refractivity contribution in [1.82, 2.24) is 4.90 Å². The highest BCUT2D eigenvalue weighted by Crippen LogP contribution is 2.25. The molecule has 1 atom stereocenters. The van der Waals surface area contributed by atoms with Gasteiger partial charge in [0.15, 0.2) is 0 Å². The molecule has 0 aromatic heterocycles. The molecule has 0 aliphatic rings. The smallest absolute Gasteiger partial charge is 0.0865 e. The quantitative estimate of drug-likeness (QED) is 0.683. The fourth-order valence-corrected chi connectivity index (χ4v) is 2.78. The van der Waals surface area contributed by atoms with Crippen LogP contribution in [-0.2, 0) is 11.2 Å². The number of benzene rings is 2. The topological polar surface area (TPSA) is 19.0 Å². The Morgan fingerprint density at radius 3 is 1.69 bits per heavy atom. The Hall–Kier alpha value is -2.04. The van der Waals surface area contributed by atoms with Gasteiger partial charge in [0, 0.05) is 52.5 Å². The van der Waals surface area contributed by atoms with Crippen molar-refractivity contribution >= 4 is 11.4 Å². The van der Waals surface area contributed by atoms with Gasteiger partial charge in [-0.1, -0.05) is 24.3 Å². The monoisotopic (exact) mass is 355 g/mol. The summed E-state index contributed by atoms with van der Waals surface area (Å²) >= 11 is 0. The number of hydrogen-bond donors (Lipinski definition) is 0. The number of rotatable bonds is 9. The molecule has 142 valence electrons. The zero-order chi connectivity index (χ0) is 19.1. The standard InChI is InChI=1S/C22H33N3O/c1-23(2)15-16-26-22(19-9-13-21(14-10-19)25(5)6)17-18-7-11-20(12-8-18)24(3)4/h7-14,22H,15-17H2,1-6H3. The Labute approximate surface area is 159 Å². The van der Waals surface area contributed by atoms with Gasteiger partial charge in [0.1, 0.15) is 0 Å². The van der Waals surface area contributed by atoms with Crippen LogP contribution < -0.4 is 9.80 Å². The first-order chi connectivity index (χ1) is 12.4. The number of hydrogen-bond acceptors (Lipinski definition) is 4. The van der Waals surface area contributed by atoms with Crippen LogP contribution in [0.5, 0.6) is 0 Å². The highest BCUT2D eigenvalue weighted by atomic mass is 16.5. The number of anilines is 2. The lowest BCUT2D eigenvalue weighted by Gasteiger charge is -2.22. The molecule has 0 saturated carbocycles. The van der Waals surface area contributed by atoms with E-state index in [0.29, 0.717) is 0 Å². The molecule has 0 heterocycles. The number of nitrogens with zero attached hydrogens (tertiary/aromatic N) is 3. The second kappa shape index (κ2) is 9.60. The summed E-state index contributed by atoms with van der Waals surface area (Å²) in [4.78, 5) is 6.39. The van der Waals surface area contributed by atoms with Gasteiger partial charge >= 0.3 is 0 Å². The summed E-state index contributed by atoms with van der Waals surface area (Å²) in [5, 5.41) is 0. The van der Waals surface area contributed by atoms with Crippen LogP contribution in [-0.4, -0.2) is 60.3 Å². The van der Waals surface area contributed by atoms with Crippen molar-refractivity contribution in [1.29, 1.82) is 0 Å². The SMILES string of the molecule is CN(C)CCOC(Cc1ccc(N(C)C)cc1)c1ccc(N(C)C)cc1. The van der Waals surface area contributed by atoms with Gasteiger partial charge in [-0.25, -0.2) is 0 Å². The van der Waals surface area contributed by atoms with Crippen molar-refractivity contribution in [3.05, 3.63) is 59.7 Å². The molecule has 1 unspecified atom stereocenters. The number of likely N-dealkylation sites (N-methyl/N-ethyl adjacent to an activating group) is 1. The highest BCUT2D eigenvalue weighted by molar-refractivity contribution is 5.47. The molecule has 2 rings (SSSR count). The normalized spacial score (nSPS) is 12.3. The van der Waals surface area contributed by atoms with Crippen LogP contribution in [0.25, 0.3) is 0 Å². The molecule has 0 radical (unpaired) electrons. The minimum Gasteiger partial charge on any atom is -0.378 e. The van der Waals surface area contributed by atoms with Crippen LogP contribution in [0.2, 0.25) is 0 Å². The molecule has 0 aliphatic heterocycles. The maximum atomic E-state index is 6.26. The molecule has 0 spiro atoms. The lowest BCUT2D eigenvalue weighted by molar-refractivity contribution is 0.0437. The minimum absolute atomic E-state index is 0.0661. The summed E-state index contributed by atoms with van der Waals surface area (Å²) in [7, 11) is 12.4. The summed E-state index contributed by atoms with van der Waals surface area (Å²) in [5.74, 6) is 0. The van der Waals surface area contributed by atoms with Gasteiger partial charge in [0.25, 0.3) is 0 Å². The second-order valence-corrected chi connectivity index (χ2v) is 7.41. The van der Waals surface area contributed by atoms with Crippen LogP contribution in [0.4, 0.5) is 11.4 Å². The van der Waals surface area contributed by atoms with Gasteiger partial charge in [0.2, 0.25) is 0 Å². The highest BCUT2D eigenvalue weighted by Gasteiger charge is 2.14. The van der Waals surface area contributed by atoms with E-state index in [2.05, 4.69) is 106 Å². The summed E-state index contributed by atoms with van der Waals surface area (Å²) < 4.78 is 6.26. The van der Waals surface area contributed by atoms with E-state index in [1.165, 1.54) is 22.5 Å². The third-order valence-corrected chi connectivity index (χ3v) is 4.51. The Bertz CT molecular complexity index is 648. The Morgan fingerprint density at radius 1 is 0.731 bits per heavy atom. The molecule has 0 fully saturated rings. The van der Waals surface area contributed by atoms with Crippen molar-refractivity contribution in [2.24, 2.45) is 0 Å². The fraction of sp³-hybridized carbons (Fsp3) is 0.455. The average Bonchev–Trinajstić information content (AvgIpc) is 2.61. The Morgan fingerprint density at radius 2 is 1.23 bits per heavy atom. The van der Waals surface area contributed by atoms with E-state index < -0.39 is 0 Å². The molecule has 2 aromatic rings. The molecule has 0 bridgehead atoms. The fourth-order valence-electron chi connectivity index (χ4n) is 2.78. The molecule has 4 heteroatoms. The molecule has 26 heavy (non-hydrogen) atoms. The van der Waals surface area contributed by atoms with E-state index in [-0.39, 0.29) is 6.10 Å². The molecule has 0 N–H and O–H groups in total. The van der Waals surface area contributed by atoms with E-state index in [1.807, 2.05) is 0 Å². The van der Waals surface area contributed by atoms with Gasteiger partial charge in [-0.3, -0.25) is 0 Å². The van der Waals surface area contributed by atoms with E-state index in [4.69, 9.17) is 4.74 Å². The van der Waals surface area contributed by atoms with Crippen molar-refractivity contribution in [2.45, 2.75) is 12.5 Å². The third kappa shape index (κ3) is 6.04. The van der Waals surface area contributed by atoms with Crippen LogP contribution in [0, 0.1) is 0 Å². The van der Waals surface area contributed by atoms with Crippen LogP contribution >= 0.6 is 0 Å². The van der Waals surface area contributed by atoms with Gasteiger partial charge in [-0.15, -0.1) is 0 Å². The summed E-state index contributed by atoms with van der Waals surface area (Å²) in [5.41, 5.74) is 4.94. The van der Waals surface area contributed by atoms with Crippen LogP contribution in [0.1, 0.15) is 17.2 Å².